The van der Waals surface area contributed by atoms with Crippen molar-refractivity contribution in [3.63, 3.8) is 0 Å². The molecule has 0 radical (unpaired) electrons. The Balaban J connectivity index is 1.73. The Hall–Kier alpha value is -2.84. The van der Waals surface area contributed by atoms with Gasteiger partial charge in [-0.3, -0.25) is 14.9 Å². The van der Waals surface area contributed by atoms with Crippen LogP contribution in [0.25, 0.3) is 11.4 Å². The number of amides is 2. The van der Waals surface area contributed by atoms with Gasteiger partial charge in [-0.1, -0.05) is 11.6 Å². The molecule has 1 aromatic carbocycles. The minimum Gasteiger partial charge on any atom is -0.345 e. The highest BCUT2D eigenvalue weighted by Crippen LogP contribution is 2.26. The van der Waals surface area contributed by atoms with Crippen LogP contribution in [0, 0.1) is 0 Å². The summed E-state index contributed by atoms with van der Waals surface area (Å²) in [6, 6.07) is 9.88. The van der Waals surface area contributed by atoms with Crippen LogP contribution < -0.4 is 5.32 Å². The highest BCUT2D eigenvalue weighted by molar-refractivity contribution is 7.10. The van der Waals surface area contributed by atoms with Crippen LogP contribution in [0.2, 0.25) is 5.15 Å². The van der Waals surface area contributed by atoms with Crippen LogP contribution in [0.5, 0.6) is 0 Å². The van der Waals surface area contributed by atoms with Gasteiger partial charge in [0.2, 0.25) is 5.13 Å². The van der Waals surface area contributed by atoms with Crippen LogP contribution in [-0.4, -0.2) is 45.2 Å². The predicted molar refractivity (Wildman–Crippen MR) is 101 cm³/mol. The Bertz CT molecular complexity index is 956. The summed E-state index contributed by atoms with van der Waals surface area (Å²) in [5, 5.41) is 3.33. The zero-order valence-corrected chi connectivity index (χ0v) is 15.5. The van der Waals surface area contributed by atoms with E-state index >= 15 is 0 Å². The number of halogens is 1. The van der Waals surface area contributed by atoms with Crippen molar-refractivity contribution in [3.05, 3.63) is 58.9 Å². The van der Waals surface area contributed by atoms with E-state index in [9.17, 15) is 9.59 Å². The van der Waals surface area contributed by atoms with Crippen molar-refractivity contribution in [1.29, 1.82) is 0 Å². The number of benzene rings is 1. The molecule has 1 N–H and O–H groups in total. The summed E-state index contributed by atoms with van der Waals surface area (Å²) in [7, 11) is 3.34. The third-order valence-corrected chi connectivity index (χ3v) is 4.38. The first kappa shape index (κ1) is 18.0. The SMILES string of the molecule is CN(C)C(=O)c1ccc(C(=O)Nc2nc(-c3cccnc3Cl)ns2)cc1. The maximum atomic E-state index is 12.3. The topological polar surface area (TPSA) is 88.1 Å². The number of anilines is 1. The van der Waals surface area contributed by atoms with Crippen LogP contribution in [0.15, 0.2) is 42.6 Å². The molecule has 0 aliphatic rings. The van der Waals surface area contributed by atoms with Gasteiger partial charge in [-0.25, -0.2) is 4.98 Å². The largest absolute Gasteiger partial charge is 0.345 e. The fraction of sp³-hybridized carbons (Fsp3) is 0.118. The van der Waals surface area contributed by atoms with Gasteiger partial charge < -0.3 is 4.90 Å². The molecule has 3 aromatic rings. The fourth-order valence-electron chi connectivity index (χ4n) is 2.13. The normalized spacial score (nSPS) is 10.4. The maximum Gasteiger partial charge on any atom is 0.257 e. The Morgan fingerprint density at radius 3 is 2.46 bits per heavy atom. The van der Waals surface area contributed by atoms with E-state index in [0.717, 1.165) is 11.5 Å². The highest BCUT2D eigenvalue weighted by Gasteiger charge is 2.14. The summed E-state index contributed by atoms with van der Waals surface area (Å²) >= 11 is 7.08. The van der Waals surface area contributed by atoms with Crippen LogP contribution in [0.3, 0.4) is 0 Å². The lowest BCUT2D eigenvalue weighted by molar-refractivity contribution is 0.0827. The Morgan fingerprint density at radius 1 is 1.12 bits per heavy atom. The quantitative estimate of drug-likeness (QED) is 0.694. The predicted octanol–water partition coefficient (Wildman–Crippen LogP) is 3.21. The van der Waals surface area contributed by atoms with E-state index in [1.165, 1.54) is 4.90 Å². The maximum absolute atomic E-state index is 12.3. The molecule has 0 fully saturated rings. The van der Waals surface area contributed by atoms with Crippen LogP contribution in [0.4, 0.5) is 5.13 Å². The van der Waals surface area contributed by atoms with E-state index in [-0.39, 0.29) is 11.8 Å². The van der Waals surface area contributed by atoms with E-state index in [1.807, 2.05) is 0 Å². The van der Waals surface area contributed by atoms with E-state index in [4.69, 9.17) is 11.6 Å². The molecule has 26 heavy (non-hydrogen) atoms. The molecular weight excluding hydrogens is 374 g/mol. The van der Waals surface area contributed by atoms with Crippen molar-refractivity contribution in [2.24, 2.45) is 0 Å². The number of aromatic nitrogens is 3. The van der Waals surface area contributed by atoms with E-state index in [2.05, 4.69) is 19.7 Å². The zero-order valence-electron chi connectivity index (χ0n) is 13.9. The molecule has 2 aromatic heterocycles. The van der Waals surface area contributed by atoms with Crippen molar-refractivity contribution in [2.75, 3.05) is 19.4 Å². The highest BCUT2D eigenvalue weighted by atomic mass is 35.5. The summed E-state index contributed by atoms with van der Waals surface area (Å²) in [6.45, 7) is 0. The van der Waals surface area contributed by atoms with Gasteiger partial charge in [0.15, 0.2) is 5.82 Å². The number of pyridine rings is 1. The average molecular weight is 388 g/mol. The minimum atomic E-state index is -0.339. The lowest BCUT2D eigenvalue weighted by Gasteiger charge is -2.10. The van der Waals surface area contributed by atoms with Gasteiger partial charge in [-0.2, -0.15) is 9.36 Å². The van der Waals surface area contributed by atoms with Gasteiger partial charge in [0.05, 0.1) is 5.56 Å². The van der Waals surface area contributed by atoms with Crippen LogP contribution >= 0.6 is 23.1 Å². The molecule has 0 atom stereocenters. The second-order valence-electron chi connectivity index (χ2n) is 5.50. The third kappa shape index (κ3) is 3.87. The molecular formula is C17H14ClN5O2S. The van der Waals surface area contributed by atoms with Gasteiger partial charge in [-0.15, -0.1) is 0 Å². The van der Waals surface area contributed by atoms with E-state index in [0.29, 0.717) is 32.8 Å². The molecule has 0 spiro atoms. The molecule has 0 bridgehead atoms. The number of nitrogens with zero attached hydrogens (tertiary/aromatic N) is 4. The average Bonchev–Trinajstić information content (AvgIpc) is 3.09. The zero-order chi connectivity index (χ0) is 18.7. The molecule has 9 heteroatoms. The molecule has 3 rings (SSSR count). The summed E-state index contributed by atoms with van der Waals surface area (Å²) in [4.78, 5) is 33.9. The number of hydrogen-bond donors (Lipinski definition) is 1. The summed E-state index contributed by atoms with van der Waals surface area (Å²) in [5.74, 6) is -0.0664. The Kier molecular flexibility index (Phi) is 5.24. The summed E-state index contributed by atoms with van der Waals surface area (Å²) in [5.41, 5.74) is 1.52. The molecule has 132 valence electrons. The van der Waals surface area contributed by atoms with Crippen molar-refractivity contribution in [2.45, 2.75) is 0 Å². The molecule has 2 heterocycles. The number of carbonyl (C=O) groups is 2. The number of nitrogens with one attached hydrogen (secondary N) is 1. The van der Waals surface area contributed by atoms with Gasteiger partial charge in [-0.05, 0) is 36.4 Å². The molecule has 0 aliphatic heterocycles. The first-order chi connectivity index (χ1) is 12.5. The third-order valence-electron chi connectivity index (χ3n) is 3.45. The number of hydrogen-bond acceptors (Lipinski definition) is 6. The Labute approximate surface area is 158 Å². The van der Waals surface area contributed by atoms with Gasteiger partial charge in [0.1, 0.15) is 5.15 Å². The van der Waals surface area contributed by atoms with Gasteiger partial charge >= 0.3 is 0 Å². The standard InChI is InChI=1S/C17H14ClN5O2S/c1-23(2)16(25)11-7-5-10(6-8-11)15(24)21-17-20-14(22-26-17)12-4-3-9-19-13(12)18/h3-9H,1-2H3,(H,20,21,22,24). The fourth-order valence-corrected chi connectivity index (χ4v) is 2.91. The second-order valence-corrected chi connectivity index (χ2v) is 6.61. The summed E-state index contributed by atoms with van der Waals surface area (Å²) in [6.07, 6.45) is 1.57. The molecule has 0 unspecified atom stereocenters. The Morgan fingerprint density at radius 2 is 1.81 bits per heavy atom. The van der Waals surface area contributed by atoms with E-state index in [1.54, 1.807) is 56.7 Å². The van der Waals surface area contributed by atoms with Crippen molar-refractivity contribution in [1.82, 2.24) is 19.2 Å². The molecule has 2 amide bonds. The summed E-state index contributed by atoms with van der Waals surface area (Å²) < 4.78 is 4.19. The lowest BCUT2D eigenvalue weighted by Crippen LogP contribution is -2.21. The molecule has 0 saturated carbocycles. The molecule has 0 aliphatic carbocycles. The van der Waals surface area contributed by atoms with Crippen molar-refractivity contribution >= 4 is 40.1 Å². The van der Waals surface area contributed by atoms with Crippen molar-refractivity contribution in [3.8, 4) is 11.4 Å². The molecule has 7 nitrogen and oxygen atoms in total. The smallest absolute Gasteiger partial charge is 0.257 e. The number of carbonyl (C=O) groups excluding carboxylic acids is 2. The first-order valence-electron chi connectivity index (χ1n) is 7.53. The van der Waals surface area contributed by atoms with Gasteiger partial charge in [0.25, 0.3) is 11.8 Å². The molecule has 0 saturated heterocycles. The van der Waals surface area contributed by atoms with Crippen molar-refractivity contribution < 1.29 is 9.59 Å². The minimum absolute atomic E-state index is 0.126. The van der Waals surface area contributed by atoms with Crippen LogP contribution in [0.1, 0.15) is 20.7 Å². The van der Waals surface area contributed by atoms with Gasteiger partial charge in [0, 0.05) is 43.0 Å². The monoisotopic (exact) mass is 387 g/mol. The lowest BCUT2D eigenvalue weighted by atomic mass is 10.1. The number of rotatable bonds is 4. The van der Waals surface area contributed by atoms with Crippen LogP contribution in [-0.2, 0) is 0 Å². The first-order valence-corrected chi connectivity index (χ1v) is 8.68. The second kappa shape index (κ2) is 7.59. The van der Waals surface area contributed by atoms with E-state index < -0.39 is 0 Å².